The lowest BCUT2D eigenvalue weighted by Gasteiger charge is -2.25. The zero-order chi connectivity index (χ0) is 13.9. The maximum atomic E-state index is 12.0. The highest BCUT2D eigenvalue weighted by atomic mass is 79.9. The van der Waals surface area contributed by atoms with Crippen LogP contribution in [0.15, 0.2) is 16.7 Å². The van der Waals surface area contributed by atoms with E-state index < -0.39 is 11.5 Å². The SMILES string of the molecule is Cn1cc(Br)cc1C(=O)NC(C)(C)CCC(=O)O. The Morgan fingerprint density at radius 3 is 2.56 bits per heavy atom. The van der Waals surface area contributed by atoms with Crippen molar-refractivity contribution in [3.63, 3.8) is 0 Å². The number of carboxylic acid groups (broad SMARTS) is 1. The second kappa shape index (κ2) is 5.56. The summed E-state index contributed by atoms with van der Waals surface area (Å²) in [6.07, 6.45) is 2.21. The van der Waals surface area contributed by atoms with Crippen LogP contribution in [0.2, 0.25) is 0 Å². The van der Waals surface area contributed by atoms with Crippen LogP contribution in [0.4, 0.5) is 0 Å². The van der Waals surface area contributed by atoms with Gasteiger partial charge in [-0.1, -0.05) is 0 Å². The number of hydrogen-bond acceptors (Lipinski definition) is 2. The minimum absolute atomic E-state index is 0.0319. The summed E-state index contributed by atoms with van der Waals surface area (Å²) in [6.45, 7) is 3.62. The number of halogens is 1. The molecule has 1 heterocycles. The molecule has 0 fully saturated rings. The normalized spacial score (nSPS) is 11.3. The number of rotatable bonds is 5. The van der Waals surface area contributed by atoms with Crippen LogP contribution in [0.3, 0.4) is 0 Å². The first-order valence-electron chi connectivity index (χ1n) is 5.57. The number of nitrogens with one attached hydrogen (secondary N) is 1. The van der Waals surface area contributed by atoms with E-state index in [9.17, 15) is 9.59 Å². The third kappa shape index (κ3) is 4.18. The van der Waals surface area contributed by atoms with Crippen LogP contribution in [0, 0.1) is 0 Å². The predicted molar refractivity (Wildman–Crippen MR) is 71.5 cm³/mol. The van der Waals surface area contributed by atoms with Crippen molar-refractivity contribution in [2.24, 2.45) is 7.05 Å². The van der Waals surface area contributed by atoms with Crippen molar-refractivity contribution in [2.45, 2.75) is 32.2 Å². The van der Waals surface area contributed by atoms with Crippen LogP contribution in [-0.4, -0.2) is 27.1 Å². The Morgan fingerprint density at radius 2 is 2.11 bits per heavy atom. The highest BCUT2D eigenvalue weighted by molar-refractivity contribution is 9.10. The summed E-state index contributed by atoms with van der Waals surface area (Å²) < 4.78 is 2.55. The van der Waals surface area contributed by atoms with Gasteiger partial charge in [-0.05, 0) is 42.3 Å². The predicted octanol–water partition coefficient (Wildman–Crippen LogP) is 2.16. The molecule has 100 valence electrons. The number of amides is 1. The molecule has 1 aromatic heterocycles. The first-order chi connectivity index (χ1) is 8.21. The van der Waals surface area contributed by atoms with Crippen molar-refractivity contribution in [1.29, 1.82) is 0 Å². The zero-order valence-corrected chi connectivity index (χ0v) is 12.2. The Balaban J connectivity index is 2.69. The fourth-order valence-corrected chi connectivity index (χ4v) is 2.13. The molecule has 0 radical (unpaired) electrons. The van der Waals surface area contributed by atoms with E-state index >= 15 is 0 Å². The highest BCUT2D eigenvalue weighted by Gasteiger charge is 2.23. The van der Waals surface area contributed by atoms with E-state index in [1.807, 2.05) is 13.8 Å². The maximum absolute atomic E-state index is 12.0. The Labute approximate surface area is 114 Å². The van der Waals surface area contributed by atoms with Gasteiger partial charge in [-0.15, -0.1) is 0 Å². The maximum Gasteiger partial charge on any atom is 0.303 e. The van der Waals surface area contributed by atoms with Gasteiger partial charge in [-0.2, -0.15) is 0 Å². The summed E-state index contributed by atoms with van der Waals surface area (Å²) in [4.78, 5) is 22.6. The lowest BCUT2D eigenvalue weighted by atomic mass is 9.98. The third-order valence-corrected chi connectivity index (χ3v) is 3.05. The zero-order valence-electron chi connectivity index (χ0n) is 10.7. The van der Waals surface area contributed by atoms with Gasteiger partial charge in [0.15, 0.2) is 0 Å². The van der Waals surface area contributed by atoms with E-state index in [0.717, 1.165) is 4.47 Å². The van der Waals surface area contributed by atoms with Crippen molar-refractivity contribution in [2.75, 3.05) is 0 Å². The Kier molecular flexibility index (Phi) is 4.56. The van der Waals surface area contributed by atoms with Crippen LogP contribution >= 0.6 is 15.9 Å². The molecule has 5 nitrogen and oxygen atoms in total. The lowest BCUT2D eigenvalue weighted by Crippen LogP contribution is -2.44. The van der Waals surface area contributed by atoms with Crippen LogP contribution < -0.4 is 5.32 Å². The van der Waals surface area contributed by atoms with Gasteiger partial charge in [0.05, 0.1) is 0 Å². The molecule has 0 aliphatic heterocycles. The van der Waals surface area contributed by atoms with Gasteiger partial charge in [-0.3, -0.25) is 9.59 Å². The molecule has 2 N–H and O–H groups in total. The Bertz CT molecular complexity index is 466. The second-order valence-electron chi connectivity index (χ2n) is 4.89. The Hall–Kier alpha value is -1.30. The number of nitrogens with zero attached hydrogens (tertiary/aromatic N) is 1. The lowest BCUT2D eigenvalue weighted by molar-refractivity contribution is -0.137. The fourth-order valence-electron chi connectivity index (χ4n) is 1.60. The molecule has 0 aliphatic rings. The molecule has 0 saturated heterocycles. The van der Waals surface area contributed by atoms with Crippen molar-refractivity contribution < 1.29 is 14.7 Å². The topological polar surface area (TPSA) is 71.3 Å². The van der Waals surface area contributed by atoms with E-state index in [0.29, 0.717) is 12.1 Å². The van der Waals surface area contributed by atoms with Crippen LogP contribution in [-0.2, 0) is 11.8 Å². The van der Waals surface area contributed by atoms with Gasteiger partial charge in [0.2, 0.25) is 0 Å². The molecule has 0 aliphatic carbocycles. The average Bonchev–Trinajstić information content (AvgIpc) is 2.54. The number of aromatic nitrogens is 1. The molecule has 0 saturated carbocycles. The largest absolute Gasteiger partial charge is 0.481 e. The van der Waals surface area contributed by atoms with Gasteiger partial charge in [-0.25, -0.2) is 0 Å². The molecule has 0 atom stereocenters. The van der Waals surface area contributed by atoms with E-state index in [4.69, 9.17) is 5.11 Å². The van der Waals surface area contributed by atoms with Crippen molar-refractivity contribution in [3.8, 4) is 0 Å². The van der Waals surface area contributed by atoms with Crippen molar-refractivity contribution in [3.05, 3.63) is 22.4 Å². The quantitative estimate of drug-likeness (QED) is 0.874. The summed E-state index contributed by atoms with van der Waals surface area (Å²) >= 11 is 3.30. The van der Waals surface area contributed by atoms with Gasteiger partial charge >= 0.3 is 5.97 Å². The average molecular weight is 317 g/mol. The summed E-state index contributed by atoms with van der Waals surface area (Å²) in [6, 6.07) is 1.72. The first-order valence-corrected chi connectivity index (χ1v) is 6.37. The van der Waals surface area contributed by atoms with Crippen LogP contribution in [0.25, 0.3) is 0 Å². The van der Waals surface area contributed by atoms with Crippen LogP contribution in [0.1, 0.15) is 37.2 Å². The molecule has 1 aromatic rings. The fraction of sp³-hybridized carbons (Fsp3) is 0.500. The molecular weight excluding hydrogens is 300 g/mol. The highest BCUT2D eigenvalue weighted by Crippen LogP contribution is 2.16. The molecule has 18 heavy (non-hydrogen) atoms. The second-order valence-corrected chi connectivity index (χ2v) is 5.80. The number of carbonyl (C=O) groups excluding carboxylic acids is 1. The summed E-state index contributed by atoms with van der Waals surface area (Å²) in [5, 5.41) is 11.5. The molecule has 0 aromatic carbocycles. The van der Waals surface area contributed by atoms with Gasteiger partial charge in [0.1, 0.15) is 5.69 Å². The molecule has 0 bridgehead atoms. The summed E-state index contributed by atoms with van der Waals surface area (Å²) in [5.41, 5.74) is -0.0167. The number of carboxylic acids is 1. The summed E-state index contributed by atoms with van der Waals surface area (Å²) in [7, 11) is 1.78. The molecule has 6 heteroatoms. The molecule has 0 unspecified atom stereocenters. The van der Waals surface area contributed by atoms with Crippen LogP contribution in [0.5, 0.6) is 0 Å². The Morgan fingerprint density at radius 1 is 1.50 bits per heavy atom. The number of aliphatic carboxylic acids is 1. The third-order valence-electron chi connectivity index (χ3n) is 2.62. The summed E-state index contributed by atoms with van der Waals surface area (Å²) in [5.74, 6) is -1.07. The van der Waals surface area contributed by atoms with Gasteiger partial charge in [0, 0.05) is 29.7 Å². The molecular formula is C12H17BrN2O3. The van der Waals surface area contributed by atoms with Gasteiger partial charge < -0.3 is 15.0 Å². The first kappa shape index (κ1) is 14.8. The number of hydrogen-bond donors (Lipinski definition) is 2. The van der Waals surface area contributed by atoms with Crippen molar-refractivity contribution in [1.82, 2.24) is 9.88 Å². The van der Waals surface area contributed by atoms with Gasteiger partial charge in [0.25, 0.3) is 5.91 Å². The van der Waals surface area contributed by atoms with E-state index in [1.54, 1.807) is 23.9 Å². The molecule has 1 rings (SSSR count). The molecule has 1 amide bonds. The van der Waals surface area contributed by atoms with E-state index in [2.05, 4.69) is 21.2 Å². The van der Waals surface area contributed by atoms with Crippen molar-refractivity contribution >= 4 is 27.8 Å². The molecule has 0 spiro atoms. The minimum Gasteiger partial charge on any atom is -0.481 e. The van der Waals surface area contributed by atoms with E-state index in [-0.39, 0.29) is 12.3 Å². The standard InChI is InChI=1S/C12H17BrN2O3/c1-12(2,5-4-10(16)17)14-11(18)9-6-8(13)7-15(9)3/h6-7H,4-5H2,1-3H3,(H,14,18)(H,16,17). The van der Waals surface area contributed by atoms with E-state index in [1.165, 1.54) is 0 Å². The monoisotopic (exact) mass is 316 g/mol. The number of aryl methyl sites for hydroxylation is 1. The number of carbonyl (C=O) groups is 2. The minimum atomic E-state index is -0.862. The smallest absolute Gasteiger partial charge is 0.303 e.